The smallest absolute Gasteiger partial charge is 0.217 e. The Hall–Kier alpha value is -0.870. The number of benzene rings is 1. The van der Waals surface area contributed by atoms with Gasteiger partial charge in [-0.1, -0.05) is 28.1 Å². The van der Waals surface area contributed by atoms with E-state index in [0.717, 1.165) is 24.0 Å². The third kappa shape index (κ3) is 4.77. The van der Waals surface area contributed by atoms with Crippen molar-refractivity contribution in [2.45, 2.75) is 26.3 Å². The van der Waals surface area contributed by atoms with Crippen LogP contribution in [0.15, 0.2) is 22.7 Å². The standard InChI is InChI=1S/C12H17BrN2O/c1-9-4-5-10(7-11(9)13)8-15-6-2-3-12(14)16/h4-5,7,15H,2-3,6,8H2,1H3,(H2,14,16). The molecule has 0 aliphatic carbocycles. The Morgan fingerprint density at radius 3 is 2.88 bits per heavy atom. The molecule has 3 nitrogen and oxygen atoms in total. The number of rotatable bonds is 6. The van der Waals surface area contributed by atoms with Crippen LogP contribution in [0.4, 0.5) is 0 Å². The van der Waals surface area contributed by atoms with E-state index in [0.29, 0.717) is 6.42 Å². The van der Waals surface area contributed by atoms with Gasteiger partial charge in [0.2, 0.25) is 5.91 Å². The first-order valence-corrected chi connectivity index (χ1v) is 6.13. The Morgan fingerprint density at radius 2 is 2.25 bits per heavy atom. The molecule has 0 atom stereocenters. The first-order valence-electron chi connectivity index (χ1n) is 5.33. The fraction of sp³-hybridized carbons (Fsp3) is 0.417. The van der Waals surface area contributed by atoms with Crippen LogP contribution in [0.3, 0.4) is 0 Å². The lowest BCUT2D eigenvalue weighted by molar-refractivity contribution is -0.118. The molecule has 0 aliphatic rings. The van der Waals surface area contributed by atoms with Gasteiger partial charge in [0.25, 0.3) is 0 Å². The van der Waals surface area contributed by atoms with E-state index in [1.165, 1.54) is 11.1 Å². The van der Waals surface area contributed by atoms with Gasteiger partial charge in [-0.15, -0.1) is 0 Å². The number of primary amides is 1. The highest BCUT2D eigenvalue weighted by Gasteiger charge is 1.98. The van der Waals surface area contributed by atoms with Gasteiger partial charge in [0.15, 0.2) is 0 Å². The first kappa shape index (κ1) is 13.2. The zero-order valence-electron chi connectivity index (χ0n) is 9.42. The lowest BCUT2D eigenvalue weighted by Gasteiger charge is -2.06. The fourth-order valence-electron chi connectivity index (χ4n) is 1.37. The maximum Gasteiger partial charge on any atom is 0.217 e. The van der Waals surface area contributed by atoms with Crippen LogP contribution in [-0.4, -0.2) is 12.5 Å². The minimum Gasteiger partial charge on any atom is -0.370 e. The van der Waals surface area contributed by atoms with Crippen LogP contribution in [0, 0.1) is 6.92 Å². The van der Waals surface area contributed by atoms with Gasteiger partial charge in [-0.25, -0.2) is 0 Å². The Morgan fingerprint density at radius 1 is 1.50 bits per heavy atom. The summed E-state index contributed by atoms with van der Waals surface area (Å²) in [5.41, 5.74) is 7.52. The van der Waals surface area contributed by atoms with Crippen LogP contribution >= 0.6 is 15.9 Å². The van der Waals surface area contributed by atoms with Gasteiger partial charge in [0.1, 0.15) is 0 Å². The van der Waals surface area contributed by atoms with Crippen molar-refractivity contribution in [1.29, 1.82) is 0 Å². The number of amides is 1. The van der Waals surface area contributed by atoms with Gasteiger partial charge in [-0.3, -0.25) is 4.79 Å². The van der Waals surface area contributed by atoms with Crippen molar-refractivity contribution in [2.24, 2.45) is 5.73 Å². The van der Waals surface area contributed by atoms with E-state index in [-0.39, 0.29) is 5.91 Å². The van der Waals surface area contributed by atoms with Crippen molar-refractivity contribution in [2.75, 3.05) is 6.54 Å². The largest absolute Gasteiger partial charge is 0.370 e. The summed E-state index contributed by atoms with van der Waals surface area (Å²) in [5.74, 6) is -0.236. The third-order valence-corrected chi connectivity index (χ3v) is 3.20. The topological polar surface area (TPSA) is 55.1 Å². The molecule has 1 amide bonds. The Kier molecular flexibility index (Phi) is 5.49. The fourth-order valence-corrected chi connectivity index (χ4v) is 1.79. The van der Waals surface area contributed by atoms with Gasteiger partial charge in [-0.2, -0.15) is 0 Å². The monoisotopic (exact) mass is 284 g/mol. The zero-order valence-corrected chi connectivity index (χ0v) is 11.0. The molecule has 1 aromatic carbocycles. The SMILES string of the molecule is Cc1ccc(CNCCCC(N)=O)cc1Br. The molecule has 0 aromatic heterocycles. The number of aryl methyl sites for hydroxylation is 1. The van der Waals surface area contributed by atoms with Gasteiger partial charge < -0.3 is 11.1 Å². The summed E-state index contributed by atoms with van der Waals surface area (Å²) in [6.45, 7) is 3.69. The average Bonchev–Trinajstić information content (AvgIpc) is 2.22. The molecule has 0 heterocycles. The van der Waals surface area contributed by atoms with E-state index in [2.05, 4.69) is 46.4 Å². The number of halogens is 1. The normalized spacial score (nSPS) is 10.4. The number of nitrogens with one attached hydrogen (secondary N) is 1. The molecule has 0 aliphatic heterocycles. The predicted molar refractivity (Wildman–Crippen MR) is 69.0 cm³/mol. The Bertz CT molecular complexity index is 366. The lowest BCUT2D eigenvalue weighted by Crippen LogP contribution is -2.18. The minimum atomic E-state index is -0.236. The molecular weight excluding hydrogens is 268 g/mol. The molecule has 0 spiro atoms. The number of nitrogens with two attached hydrogens (primary N) is 1. The average molecular weight is 285 g/mol. The Labute approximate surface area is 105 Å². The Balaban J connectivity index is 2.27. The molecule has 0 unspecified atom stereocenters. The molecule has 3 N–H and O–H groups in total. The maximum absolute atomic E-state index is 10.5. The summed E-state index contributed by atoms with van der Waals surface area (Å²) in [4.78, 5) is 10.5. The second kappa shape index (κ2) is 6.66. The van der Waals surface area contributed by atoms with Crippen LogP contribution in [-0.2, 0) is 11.3 Å². The van der Waals surface area contributed by atoms with E-state index in [4.69, 9.17) is 5.73 Å². The summed E-state index contributed by atoms with van der Waals surface area (Å²) in [6, 6.07) is 6.29. The minimum absolute atomic E-state index is 0.236. The van der Waals surface area contributed by atoms with Crippen molar-refractivity contribution < 1.29 is 4.79 Å². The van der Waals surface area contributed by atoms with E-state index >= 15 is 0 Å². The van der Waals surface area contributed by atoms with Crippen molar-refractivity contribution in [1.82, 2.24) is 5.32 Å². The van der Waals surface area contributed by atoms with Gasteiger partial charge in [0.05, 0.1) is 0 Å². The maximum atomic E-state index is 10.5. The number of carbonyl (C=O) groups excluding carboxylic acids is 1. The van der Waals surface area contributed by atoms with Crippen LogP contribution < -0.4 is 11.1 Å². The molecule has 0 fully saturated rings. The summed E-state index contributed by atoms with van der Waals surface area (Å²) in [7, 11) is 0. The highest BCUT2D eigenvalue weighted by molar-refractivity contribution is 9.10. The molecular formula is C12H17BrN2O. The molecule has 4 heteroatoms. The number of hydrogen-bond donors (Lipinski definition) is 2. The zero-order chi connectivity index (χ0) is 12.0. The van der Waals surface area contributed by atoms with Gasteiger partial charge in [-0.05, 0) is 37.1 Å². The highest BCUT2D eigenvalue weighted by atomic mass is 79.9. The lowest BCUT2D eigenvalue weighted by atomic mass is 10.1. The van der Waals surface area contributed by atoms with E-state index < -0.39 is 0 Å². The molecule has 0 radical (unpaired) electrons. The van der Waals surface area contributed by atoms with Crippen LogP contribution in [0.5, 0.6) is 0 Å². The quantitative estimate of drug-likeness (QED) is 0.787. The number of hydrogen-bond acceptors (Lipinski definition) is 2. The molecule has 1 rings (SSSR count). The number of carbonyl (C=O) groups is 1. The molecule has 0 bridgehead atoms. The van der Waals surface area contributed by atoms with Crippen LogP contribution in [0.1, 0.15) is 24.0 Å². The second-order valence-electron chi connectivity index (χ2n) is 3.83. The molecule has 0 saturated carbocycles. The summed E-state index contributed by atoms with van der Waals surface area (Å²) in [5, 5.41) is 3.28. The summed E-state index contributed by atoms with van der Waals surface area (Å²) in [6.07, 6.45) is 1.24. The highest BCUT2D eigenvalue weighted by Crippen LogP contribution is 2.17. The second-order valence-corrected chi connectivity index (χ2v) is 4.68. The van der Waals surface area contributed by atoms with Gasteiger partial charge >= 0.3 is 0 Å². The van der Waals surface area contributed by atoms with Crippen molar-refractivity contribution in [3.05, 3.63) is 33.8 Å². The van der Waals surface area contributed by atoms with Crippen molar-refractivity contribution in [3.63, 3.8) is 0 Å². The van der Waals surface area contributed by atoms with Crippen molar-refractivity contribution >= 4 is 21.8 Å². The molecule has 16 heavy (non-hydrogen) atoms. The van der Waals surface area contributed by atoms with Crippen molar-refractivity contribution in [3.8, 4) is 0 Å². The van der Waals surface area contributed by atoms with Gasteiger partial charge in [0, 0.05) is 17.4 Å². The van der Waals surface area contributed by atoms with E-state index in [9.17, 15) is 4.79 Å². The summed E-state index contributed by atoms with van der Waals surface area (Å²) < 4.78 is 1.13. The molecule has 1 aromatic rings. The van der Waals surface area contributed by atoms with E-state index in [1.807, 2.05) is 0 Å². The predicted octanol–water partition coefficient (Wildman–Crippen LogP) is 2.11. The van der Waals surface area contributed by atoms with Crippen LogP contribution in [0.25, 0.3) is 0 Å². The first-order chi connectivity index (χ1) is 7.59. The summed E-state index contributed by atoms with van der Waals surface area (Å²) >= 11 is 3.50. The molecule has 0 saturated heterocycles. The van der Waals surface area contributed by atoms with Crippen LogP contribution in [0.2, 0.25) is 0 Å². The third-order valence-electron chi connectivity index (χ3n) is 2.34. The van der Waals surface area contributed by atoms with E-state index in [1.54, 1.807) is 0 Å². The molecule has 88 valence electrons.